The minimum Gasteiger partial charge on any atom is -0.472 e. The van der Waals surface area contributed by atoms with Crippen LogP contribution in [0.15, 0.2) is 59.5 Å². The molecule has 2 saturated carbocycles. The first kappa shape index (κ1) is 31.9. The number of rotatable bonds is 9. The zero-order valence-corrected chi connectivity index (χ0v) is 27.1. The van der Waals surface area contributed by atoms with Crippen LogP contribution in [0.5, 0.6) is 0 Å². The van der Waals surface area contributed by atoms with Crippen molar-refractivity contribution in [1.29, 1.82) is 0 Å². The van der Waals surface area contributed by atoms with Gasteiger partial charge < -0.3 is 18.3 Å². The summed E-state index contributed by atoms with van der Waals surface area (Å²) < 4.78 is 23.3. The van der Waals surface area contributed by atoms with Crippen molar-refractivity contribution in [2.24, 2.45) is 28.1 Å². The lowest BCUT2D eigenvalue weighted by atomic mass is 9.45. The van der Waals surface area contributed by atoms with Crippen molar-refractivity contribution in [2.45, 2.75) is 84.7 Å². The lowest BCUT2D eigenvalue weighted by Gasteiger charge is -2.63. The average Bonchev–Trinajstić information content (AvgIpc) is 3.44. The van der Waals surface area contributed by atoms with E-state index >= 15 is 0 Å². The van der Waals surface area contributed by atoms with E-state index in [0.29, 0.717) is 12.8 Å². The Balaban J connectivity index is 1.97. The number of furan rings is 1. The van der Waals surface area contributed by atoms with E-state index < -0.39 is 54.1 Å². The molecule has 3 aliphatic rings. The molecule has 2 aliphatic carbocycles. The van der Waals surface area contributed by atoms with Crippen molar-refractivity contribution in [3.63, 3.8) is 0 Å². The number of ketones is 2. The first-order valence-corrected chi connectivity index (χ1v) is 18.0. The number of carbonyl (C=O) groups is 4. The van der Waals surface area contributed by atoms with Gasteiger partial charge in [-0.3, -0.25) is 9.59 Å². The fraction of sp³-hybridized carbons (Fsp3) is 0.576. The van der Waals surface area contributed by atoms with Crippen LogP contribution < -0.4 is 0 Å². The highest BCUT2D eigenvalue weighted by molar-refractivity contribution is 6.69. The van der Waals surface area contributed by atoms with Crippen LogP contribution in [0.3, 0.4) is 0 Å². The van der Waals surface area contributed by atoms with Crippen LogP contribution in [0.4, 0.5) is 0 Å². The number of hydrogen-bond acceptors (Lipinski definition) is 8. The number of allylic oxidation sites excluding steroid dienone is 2. The van der Waals surface area contributed by atoms with Gasteiger partial charge >= 0.3 is 11.9 Å². The van der Waals surface area contributed by atoms with E-state index in [4.69, 9.17) is 18.3 Å². The van der Waals surface area contributed by atoms with Gasteiger partial charge in [0.15, 0.2) is 14.1 Å². The molecule has 4 rings (SSSR count). The normalized spacial score (nSPS) is 33.3. The standard InChI is InChI=1S/C33H44O8Si/c1-10-14-32(29(37)30(3,4)15-12-25(34)38-6)20-33(41-42(7,8)9)23(21(2)27(32)36)11-16-31(5)24(33)18-26(35)40-28(31)22-13-17-39-19-22/h10,12-13,15,17-19,21,23,28H,1,11,14,16,20H2,2-9H3/b15-12+/t21-,23-,28+,31-,32-,33-/m1/s1. The molecule has 0 spiro atoms. The molecule has 42 heavy (non-hydrogen) atoms. The summed E-state index contributed by atoms with van der Waals surface area (Å²) in [6.07, 6.45) is 9.93. The topological polar surface area (TPSA) is 109 Å². The van der Waals surface area contributed by atoms with Crippen molar-refractivity contribution in [1.82, 2.24) is 0 Å². The molecular weight excluding hydrogens is 552 g/mol. The molecule has 0 amide bonds. The molecule has 228 valence electrons. The molecule has 0 saturated heterocycles. The Labute approximate surface area is 249 Å². The summed E-state index contributed by atoms with van der Waals surface area (Å²) >= 11 is 0. The third-order valence-electron chi connectivity index (χ3n) is 9.46. The SMILES string of the molecule is C=CC[C@@]1(C(=O)C(C)(C)/C=C/C(=O)OC)C[C@]2(O[Si](C)(C)C)C3=CC(=O)O[C@@H](c4ccoc4)[C@]3(C)CC[C@@H]2[C@@H](C)C1=O. The lowest BCUT2D eigenvalue weighted by Crippen LogP contribution is -2.68. The minimum absolute atomic E-state index is 0.0747. The molecule has 2 heterocycles. The van der Waals surface area contributed by atoms with Gasteiger partial charge in [0.25, 0.3) is 0 Å². The van der Waals surface area contributed by atoms with Gasteiger partial charge in [-0.2, -0.15) is 0 Å². The second kappa shape index (κ2) is 10.9. The predicted molar refractivity (Wildman–Crippen MR) is 160 cm³/mol. The third kappa shape index (κ3) is 5.19. The zero-order valence-electron chi connectivity index (χ0n) is 26.1. The molecule has 0 radical (unpaired) electrons. The number of ether oxygens (including phenoxy) is 2. The van der Waals surface area contributed by atoms with Crippen molar-refractivity contribution in [3.8, 4) is 0 Å². The van der Waals surface area contributed by atoms with E-state index in [1.807, 2.05) is 6.92 Å². The minimum atomic E-state index is -2.37. The Bertz CT molecular complexity index is 1330. The van der Waals surface area contributed by atoms with Crippen LogP contribution in [0.1, 0.15) is 65.0 Å². The highest BCUT2D eigenvalue weighted by atomic mass is 28.4. The van der Waals surface area contributed by atoms with Crippen molar-refractivity contribution < 1.29 is 37.5 Å². The summed E-state index contributed by atoms with van der Waals surface area (Å²) in [5, 5.41) is 0. The zero-order chi connectivity index (χ0) is 31.3. The van der Waals surface area contributed by atoms with E-state index in [9.17, 15) is 19.2 Å². The average molecular weight is 597 g/mol. The predicted octanol–water partition coefficient (Wildman–Crippen LogP) is 6.31. The fourth-order valence-corrected chi connectivity index (χ4v) is 9.24. The van der Waals surface area contributed by atoms with E-state index in [1.165, 1.54) is 19.3 Å². The Morgan fingerprint density at radius 1 is 1.24 bits per heavy atom. The molecule has 1 aromatic heterocycles. The van der Waals surface area contributed by atoms with Crippen LogP contribution in [0.2, 0.25) is 19.6 Å². The molecular formula is C33H44O8Si. The summed E-state index contributed by atoms with van der Waals surface area (Å²) in [5.41, 5.74) is -2.88. The van der Waals surface area contributed by atoms with E-state index in [1.54, 1.807) is 44.6 Å². The van der Waals surface area contributed by atoms with Crippen molar-refractivity contribution in [2.75, 3.05) is 7.11 Å². The maximum atomic E-state index is 14.7. The molecule has 0 bridgehead atoms. The van der Waals surface area contributed by atoms with Gasteiger partial charge in [0, 0.05) is 40.4 Å². The number of cyclic esters (lactones) is 1. The van der Waals surface area contributed by atoms with Gasteiger partial charge in [0.05, 0.1) is 30.7 Å². The number of methoxy groups -OCH3 is 1. The Morgan fingerprint density at radius 3 is 2.50 bits per heavy atom. The third-order valence-corrected chi connectivity index (χ3v) is 10.4. The van der Waals surface area contributed by atoms with Crippen LogP contribution in [0.25, 0.3) is 0 Å². The van der Waals surface area contributed by atoms with Gasteiger partial charge in [-0.1, -0.05) is 26.0 Å². The molecule has 2 fully saturated rings. The smallest absolute Gasteiger partial charge is 0.331 e. The van der Waals surface area contributed by atoms with Gasteiger partial charge in [0.1, 0.15) is 11.9 Å². The fourth-order valence-electron chi connectivity index (χ4n) is 7.81. The number of fused-ring (bicyclic) bond motifs is 3. The monoisotopic (exact) mass is 596 g/mol. The van der Waals surface area contributed by atoms with E-state index in [2.05, 4.69) is 33.1 Å². The molecule has 8 nitrogen and oxygen atoms in total. The Hall–Kier alpha value is -3.04. The molecule has 0 aromatic carbocycles. The van der Waals surface area contributed by atoms with Crippen LogP contribution >= 0.6 is 0 Å². The van der Waals surface area contributed by atoms with Crippen molar-refractivity contribution in [3.05, 3.63) is 60.6 Å². The second-order valence-corrected chi connectivity index (χ2v) is 18.3. The molecule has 9 heteroatoms. The number of Topliss-reactive ketones (excluding diaryl/α,β-unsaturated/α-hetero) is 2. The maximum absolute atomic E-state index is 14.7. The highest BCUT2D eigenvalue weighted by Crippen LogP contribution is 2.66. The van der Waals surface area contributed by atoms with E-state index in [0.717, 1.165) is 11.1 Å². The number of carbonyl (C=O) groups excluding carboxylic acids is 4. The summed E-state index contributed by atoms with van der Waals surface area (Å²) in [4.78, 5) is 54.4. The van der Waals surface area contributed by atoms with Crippen LogP contribution in [0, 0.1) is 28.1 Å². The molecule has 0 N–H and O–H groups in total. The van der Waals surface area contributed by atoms with Crippen molar-refractivity contribution >= 4 is 31.8 Å². The first-order chi connectivity index (χ1) is 19.5. The molecule has 1 aromatic rings. The van der Waals surface area contributed by atoms with Gasteiger partial charge in [-0.15, -0.1) is 6.58 Å². The quantitative estimate of drug-likeness (QED) is 0.107. The van der Waals surface area contributed by atoms with Crippen LogP contribution in [-0.2, 0) is 33.1 Å². The second-order valence-electron chi connectivity index (χ2n) is 13.9. The lowest BCUT2D eigenvalue weighted by molar-refractivity contribution is -0.176. The first-order valence-electron chi connectivity index (χ1n) is 14.6. The molecule has 6 atom stereocenters. The number of hydrogen-bond donors (Lipinski definition) is 0. The summed E-state index contributed by atoms with van der Waals surface area (Å²) in [7, 11) is -1.10. The van der Waals surface area contributed by atoms with Crippen LogP contribution in [-0.4, -0.2) is 44.5 Å². The maximum Gasteiger partial charge on any atom is 0.331 e. The molecule has 1 aliphatic heterocycles. The van der Waals surface area contributed by atoms with Gasteiger partial charge in [0.2, 0.25) is 0 Å². The van der Waals surface area contributed by atoms with E-state index in [-0.39, 0.29) is 30.3 Å². The summed E-state index contributed by atoms with van der Waals surface area (Å²) in [6, 6.07) is 1.80. The summed E-state index contributed by atoms with van der Waals surface area (Å²) in [5.74, 6) is -2.32. The number of esters is 2. The highest BCUT2D eigenvalue weighted by Gasteiger charge is 2.69. The molecule has 0 unspecified atom stereocenters. The Morgan fingerprint density at radius 2 is 1.93 bits per heavy atom. The largest absolute Gasteiger partial charge is 0.472 e. The van der Waals surface area contributed by atoms with Gasteiger partial charge in [-0.25, -0.2) is 9.59 Å². The summed E-state index contributed by atoms with van der Waals surface area (Å²) in [6.45, 7) is 17.6. The van der Waals surface area contributed by atoms with Gasteiger partial charge in [-0.05, 0) is 70.8 Å². The Kier molecular flexibility index (Phi) is 8.28.